The van der Waals surface area contributed by atoms with Crippen LogP contribution in [0.15, 0.2) is 0 Å². The van der Waals surface area contributed by atoms with E-state index in [1.807, 2.05) is 0 Å². The van der Waals surface area contributed by atoms with Crippen molar-refractivity contribution in [1.82, 2.24) is 5.06 Å². The van der Waals surface area contributed by atoms with Gasteiger partial charge in [-0.15, -0.1) is 5.06 Å². The Balaban J connectivity index is 2.72. The maximum atomic E-state index is 11.9. The average Bonchev–Trinajstić information content (AvgIpc) is 2.23. The number of ketones is 1. The molecule has 19 heavy (non-hydrogen) atoms. The molecule has 1 saturated heterocycles. The minimum atomic E-state index is -0.443. The van der Waals surface area contributed by atoms with Gasteiger partial charge < -0.3 is 4.84 Å². The Morgan fingerprint density at radius 1 is 1.11 bits per heavy atom. The molecule has 1 heterocycles. The molecule has 0 N–H and O–H groups in total. The molecule has 0 saturated carbocycles. The highest BCUT2D eigenvalue weighted by Gasteiger charge is 2.44. The van der Waals surface area contributed by atoms with Gasteiger partial charge in [-0.25, -0.2) is 4.79 Å². The second kappa shape index (κ2) is 5.61. The van der Waals surface area contributed by atoms with Crippen molar-refractivity contribution >= 4 is 11.8 Å². The molecule has 4 heteroatoms. The second-order valence-electron chi connectivity index (χ2n) is 7.03. The number of carbonyl (C=O) groups is 2. The Hall–Kier alpha value is -0.900. The normalized spacial score (nSPS) is 22.3. The molecule has 1 rings (SSSR count). The molecule has 1 aliphatic heterocycles. The van der Waals surface area contributed by atoms with Crippen LogP contribution in [-0.2, 0) is 14.4 Å². The van der Waals surface area contributed by atoms with Crippen LogP contribution in [0.25, 0.3) is 0 Å². The van der Waals surface area contributed by atoms with Crippen LogP contribution in [0.2, 0.25) is 0 Å². The maximum absolute atomic E-state index is 11.9. The van der Waals surface area contributed by atoms with Crippen LogP contribution in [0.4, 0.5) is 0 Å². The smallest absolute Gasteiger partial charge is 0.332 e. The lowest BCUT2D eigenvalue weighted by Crippen LogP contribution is -2.58. The molecule has 4 nitrogen and oxygen atoms in total. The first-order valence-electron chi connectivity index (χ1n) is 7.10. The zero-order chi connectivity index (χ0) is 14.8. The van der Waals surface area contributed by atoms with E-state index in [1.54, 1.807) is 18.9 Å². The number of nitrogens with zero attached hydrogens (tertiary/aromatic N) is 1. The van der Waals surface area contributed by atoms with Crippen LogP contribution < -0.4 is 0 Å². The predicted octanol–water partition coefficient (Wildman–Crippen LogP) is 3.10. The zero-order valence-electron chi connectivity index (χ0n) is 13.1. The summed E-state index contributed by atoms with van der Waals surface area (Å²) in [6, 6.07) is 0. The summed E-state index contributed by atoms with van der Waals surface area (Å²) in [5.41, 5.74) is -0.365. The lowest BCUT2D eigenvalue weighted by molar-refractivity contribution is -0.265. The Morgan fingerprint density at radius 2 is 1.58 bits per heavy atom. The van der Waals surface area contributed by atoms with Crippen molar-refractivity contribution < 1.29 is 14.4 Å². The monoisotopic (exact) mass is 269 g/mol. The molecule has 0 radical (unpaired) electrons. The Kier molecular flexibility index (Phi) is 4.77. The van der Waals surface area contributed by atoms with Gasteiger partial charge in [-0.2, -0.15) is 0 Å². The molecule has 0 aromatic rings. The van der Waals surface area contributed by atoms with Crippen molar-refractivity contribution in [2.45, 2.75) is 78.3 Å². The summed E-state index contributed by atoms with van der Waals surface area (Å²) in [5, 5.41) is 1.79. The number of Topliss-reactive ketones (excluding diaryl/α,β-unsaturated/α-hetero) is 1. The number of piperidine rings is 1. The summed E-state index contributed by atoms with van der Waals surface area (Å²) in [6.07, 6.45) is 2.96. The SMILES string of the molecule is CC(C)C(=O)CC(=O)ON1C(C)(C)CCCC1(C)C. The lowest BCUT2D eigenvalue weighted by Gasteiger charge is -2.50. The van der Waals surface area contributed by atoms with Crippen molar-refractivity contribution in [1.29, 1.82) is 0 Å². The molecule has 1 fully saturated rings. The van der Waals surface area contributed by atoms with Crippen molar-refractivity contribution in [2.75, 3.05) is 0 Å². The molecule has 0 aromatic carbocycles. The van der Waals surface area contributed by atoms with E-state index in [0.717, 1.165) is 19.3 Å². The summed E-state index contributed by atoms with van der Waals surface area (Å²) in [6.45, 7) is 11.9. The van der Waals surface area contributed by atoms with Crippen LogP contribution in [0, 0.1) is 5.92 Å². The minimum Gasteiger partial charge on any atom is -0.366 e. The van der Waals surface area contributed by atoms with Gasteiger partial charge in [0.25, 0.3) is 0 Å². The summed E-state index contributed by atoms with van der Waals surface area (Å²) >= 11 is 0. The standard InChI is InChI=1S/C15H27NO3/c1-11(2)12(17)10-13(18)19-16-14(3,4)8-7-9-15(16,5)6/h11H,7-10H2,1-6H3. The highest BCUT2D eigenvalue weighted by molar-refractivity contribution is 5.96. The topological polar surface area (TPSA) is 46.6 Å². The Morgan fingerprint density at radius 3 is 2.00 bits per heavy atom. The highest BCUT2D eigenvalue weighted by atomic mass is 16.7. The fourth-order valence-electron chi connectivity index (χ4n) is 2.70. The molecule has 1 aliphatic rings. The fraction of sp³-hybridized carbons (Fsp3) is 0.867. The van der Waals surface area contributed by atoms with Gasteiger partial charge in [-0.3, -0.25) is 4.79 Å². The minimum absolute atomic E-state index is 0.0716. The molecule has 110 valence electrons. The number of carbonyl (C=O) groups excluding carboxylic acids is 2. The van der Waals surface area contributed by atoms with Gasteiger partial charge in [-0.05, 0) is 47.0 Å². The Bertz CT molecular complexity index is 342. The quantitative estimate of drug-likeness (QED) is 0.736. The van der Waals surface area contributed by atoms with Gasteiger partial charge in [0.15, 0.2) is 0 Å². The van der Waals surface area contributed by atoms with Crippen molar-refractivity contribution in [2.24, 2.45) is 5.92 Å². The van der Waals surface area contributed by atoms with E-state index in [1.165, 1.54) is 0 Å². The fourth-order valence-corrected chi connectivity index (χ4v) is 2.70. The van der Waals surface area contributed by atoms with E-state index in [9.17, 15) is 9.59 Å². The molecule has 0 unspecified atom stereocenters. The third-order valence-electron chi connectivity index (χ3n) is 3.83. The summed E-state index contributed by atoms with van der Waals surface area (Å²) in [7, 11) is 0. The predicted molar refractivity (Wildman–Crippen MR) is 74.4 cm³/mol. The van der Waals surface area contributed by atoms with E-state index >= 15 is 0 Å². The molecular weight excluding hydrogens is 242 g/mol. The van der Waals surface area contributed by atoms with Crippen LogP contribution >= 0.6 is 0 Å². The number of rotatable bonds is 4. The lowest BCUT2D eigenvalue weighted by atomic mass is 9.82. The first-order chi connectivity index (χ1) is 8.56. The van der Waals surface area contributed by atoms with Crippen molar-refractivity contribution in [3.05, 3.63) is 0 Å². The largest absolute Gasteiger partial charge is 0.366 e. The second-order valence-corrected chi connectivity index (χ2v) is 7.03. The molecule has 0 aromatic heterocycles. The van der Waals surface area contributed by atoms with Crippen LogP contribution in [0.1, 0.15) is 67.2 Å². The van der Waals surface area contributed by atoms with E-state index in [4.69, 9.17) is 4.84 Å². The molecule has 0 bridgehead atoms. The van der Waals surface area contributed by atoms with Crippen LogP contribution in [-0.4, -0.2) is 27.9 Å². The highest BCUT2D eigenvalue weighted by Crippen LogP contribution is 2.38. The number of hydrogen-bond acceptors (Lipinski definition) is 4. The third kappa shape index (κ3) is 4.03. The summed E-state index contributed by atoms with van der Waals surface area (Å²) in [5.74, 6) is -0.644. The van der Waals surface area contributed by atoms with E-state index in [2.05, 4.69) is 27.7 Å². The summed E-state index contributed by atoms with van der Waals surface area (Å²) < 4.78 is 0. The molecule has 0 spiro atoms. The van der Waals surface area contributed by atoms with Gasteiger partial charge in [0.1, 0.15) is 12.2 Å². The van der Waals surface area contributed by atoms with Gasteiger partial charge in [0.2, 0.25) is 0 Å². The third-order valence-corrected chi connectivity index (χ3v) is 3.83. The van der Waals surface area contributed by atoms with Gasteiger partial charge in [0.05, 0.1) is 11.1 Å². The zero-order valence-corrected chi connectivity index (χ0v) is 13.1. The van der Waals surface area contributed by atoms with Gasteiger partial charge in [0, 0.05) is 5.92 Å². The van der Waals surface area contributed by atoms with Crippen molar-refractivity contribution in [3.8, 4) is 0 Å². The molecule has 0 amide bonds. The summed E-state index contributed by atoms with van der Waals surface area (Å²) in [4.78, 5) is 29.0. The molecular formula is C15H27NO3. The number of hydrogen-bond donors (Lipinski definition) is 0. The van der Waals surface area contributed by atoms with Gasteiger partial charge in [-0.1, -0.05) is 13.8 Å². The molecule has 0 aliphatic carbocycles. The van der Waals surface area contributed by atoms with E-state index in [-0.39, 0.29) is 29.2 Å². The Labute approximate surface area is 116 Å². The van der Waals surface area contributed by atoms with Crippen LogP contribution in [0.3, 0.4) is 0 Å². The van der Waals surface area contributed by atoms with Crippen molar-refractivity contribution in [3.63, 3.8) is 0 Å². The van der Waals surface area contributed by atoms with Gasteiger partial charge >= 0.3 is 5.97 Å². The van der Waals surface area contributed by atoms with Crippen LogP contribution in [0.5, 0.6) is 0 Å². The molecule has 0 atom stereocenters. The average molecular weight is 269 g/mol. The van der Waals surface area contributed by atoms with E-state index < -0.39 is 5.97 Å². The first kappa shape index (κ1) is 16.2. The number of hydroxylamine groups is 2. The van der Waals surface area contributed by atoms with E-state index in [0.29, 0.717) is 0 Å². The maximum Gasteiger partial charge on any atom is 0.332 e. The first-order valence-corrected chi connectivity index (χ1v) is 7.10.